The Morgan fingerprint density at radius 1 is 1.10 bits per heavy atom. The van der Waals surface area contributed by atoms with E-state index in [1.165, 1.54) is 24.0 Å². The summed E-state index contributed by atoms with van der Waals surface area (Å²) in [5.74, 6) is 0.281. The maximum Gasteiger partial charge on any atom is 0.231 e. The summed E-state index contributed by atoms with van der Waals surface area (Å²) in [4.78, 5) is 17.5. The fourth-order valence-corrected chi connectivity index (χ4v) is 5.49. The largest absolute Gasteiger partial charge is 0.382 e. The standard InChI is InChI=1S/C24H36N2O3/c1-18-4-5-19-17-23(27)26(22(19)16-18)20-8-12-25(13-9-20)24(2)10-6-21(7-11-24)29-15-14-28-3/h4-5,16,20-21H,6-15,17H2,1-3H3/t21-,24-. The van der Waals surface area contributed by atoms with Gasteiger partial charge in [0.1, 0.15) is 0 Å². The van der Waals surface area contributed by atoms with E-state index in [1.807, 2.05) is 0 Å². The van der Waals surface area contributed by atoms with Crippen LogP contribution in [0.15, 0.2) is 18.2 Å². The van der Waals surface area contributed by atoms with Gasteiger partial charge in [0.25, 0.3) is 0 Å². The van der Waals surface area contributed by atoms with Crippen LogP contribution in [0.1, 0.15) is 56.6 Å². The summed E-state index contributed by atoms with van der Waals surface area (Å²) in [6.45, 7) is 8.09. The number of ether oxygens (including phenoxy) is 2. The number of hydrogen-bond donors (Lipinski definition) is 0. The van der Waals surface area contributed by atoms with E-state index in [-0.39, 0.29) is 11.4 Å². The Morgan fingerprint density at radius 2 is 1.83 bits per heavy atom. The Morgan fingerprint density at radius 3 is 2.52 bits per heavy atom. The Labute approximate surface area is 175 Å². The van der Waals surface area contributed by atoms with Crippen LogP contribution < -0.4 is 4.90 Å². The molecule has 2 heterocycles. The predicted octanol–water partition coefficient (Wildman–Crippen LogP) is 3.71. The summed E-state index contributed by atoms with van der Waals surface area (Å²) in [7, 11) is 1.72. The molecule has 5 heteroatoms. The number of carbonyl (C=O) groups excluding carboxylic acids is 1. The van der Waals surface area contributed by atoms with Gasteiger partial charge in [-0.2, -0.15) is 0 Å². The number of rotatable bonds is 6. The van der Waals surface area contributed by atoms with Crippen molar-refractivity contribution >= 4 is 11.6 Å². The van der Waals surface area contributed by atoms with Crippen LogP contribution in [-0.2, 0) is 20.7 Å². The van der Waals surface area contributed by atoms with Crippen molar-refractivity contribution in [3.05, 3.63) is 29.3 Å². The van der Waals surface area contributed by atoms with Gasteiger partial charge in [0.15, 0.2) is 0 Å². The Balaban J connectivity index is 1.32. The van der Waals surface area contributed by atoms with Crippen molar-refractivity contribution in [3.8, 4) is 0 Å². The van der Waals surface area contributed by atoms with Crippen molar-refractivity contribution in [1.82, 2.24) is 4.90 Å². The predicted molar refractivity (Wildman–Crippen MR) is 115 cm³/mol. The van der Waals surface area contributed by atoms with E-state index in [2.05, 4.69) is 41.8 Å². The zero-order chi connectivity index (χ0) is 20.4. The highest BCUT2D eigenvalue weighted by atomic mass is 16.5. The van der Waals surface area contributed by atoms with Crippen molar-refractivity contribution in [3.63, 3.8) is 0 Å². The van der Waals surface area contributed by atoms with Gasteiger partial charge in [0.2, 0.25) is 5.91 Å². The second-order valence-electron chi connectivity index (χ2n) is 9.35. The van der Waals surface area contributed by atoms with Gasteiger partial charge in [0, 0.05) is 37.5 Å². The summed E-state index contributed by atoms with van der Waals surface area (Å²) in [5.41, 5.74) is 3.86. The Hall–Kier alpha value is -1.43. The molecule has 4 rings (SSSR count). The van der Waals surface area contributed by atoms with Crippen molar-refractivity contribution < 1.29 is 14.3 Å². The highest BCUT2D eigenvalue weighted by molar-refractivity contribution is 6.02. The molecule has 0 bridgehead atoms. The Kier molecular flexibility index (Phi) is 6.28. The molecular weight excluding hydrogens is 364 g/mol. The third-order valence-electron chi connectivity index (χ3n) is 7.35. The first-order chi connectivity index (χ1) is 14.0. The maximum atomic E-state index is 12.7. The number of amides is 1. The highest BCUT2D eigenvalue weighted by Gasteiger charge is 2.41. The minimum atomic E-state index is 0.273. The van der Waals surface area contributed by atoms with E-state index < -0.39 is 0 Å². The van der Waals surface area contributed by atoms with Crippen LogP contribution in [0.25, 0.3) is 0 Å². The van der Waals surface area contributed by atoms with Gasteiger partial charge < -0.3 is 14.4 Å². The molecule has 1 saturated carbocycles. The van der Waals surface area contributed by atoms with Gasteiger partial charge in [-0.15, -0.1) is 0 Å². The summed E-state index contributed by atoms with van der Waals surface area (Å²) < 4.78 is 11.1. The molecule has 0 N–H and O–H groups in total. The number of methoxy groups -OCH3 is 1. The quantitative estimate of drug-likeness (QED) is 0.683. The zero-order valence-electron chi connectivity index (χ0n) is 18.3. The van der Waals surface area contributed by atoms with Crippen molar-refractivity contribution in [1.29, 1.82) is 0 Å². The molecule has 2 fully saturated rings. The molecular formula is C24H36N2O3. The van der Waals surface area contributed by atoms with Crippen LogP contribution in [0.4, 0.5) is 5.69 Å². The van der Waals surface area contributed by atoms with Gasteiger partial charge in [-0.25, -0.2) is 0 Å². The van der Waals surface area contributed by atoms with E-state index in [1.54, 1.807) is 7.11 Å². The molecule has 0 atom stereocenters. The number of hydrogen-bond acceptors (Lipinski definition) is 4. The summed E-state index contributed by atoms with van der Waals surface area (Å²) >= 11 is 0. The number of anilines is 1. The average molecular weight is 401 g/mol. The third kappa shape index (κ3) is 4.37. The molecule has 2 aliphatic heterocycles. The van der Waals surface area contributed by atoms with Crippen LogP contribution >= 0.6 is 0 Å². The molecule has 0 spiro atoms. The normalized spacial score (nSPS) is 28.7. The summed E-state index contributed by atoms with van der Waals surface area (Å²) in [6, 6.07) is 6.79. The van der Waals surface area contributed by atoms with E-state index in [4.69, 9.17) is 9.47 Å². The number of fused-ring (bicyclic) bond motifs is 1. The molecule has 0 unspecified atom stereocenters. The lowest BCUT2D eigenvalue weighted by Gasteiger charge is -2.49. The maximum absolute atomic E-state index is 12.7. The molecule has 3 aliphatic rings. The molecule has 0 aromatic heterocycles. The van der Waals surface area contributed by atoms with Crippen LogP contribution in [0.2, 0.25) is 0 Å². The van der Waals surface area contributed by atoms with Crippen LogP contribution in [0, 0.1) is 6.92 Å². The van der Waals surface area contributed by atoms with E-state index in [0.29, 0.717) is 31.8 Å². The number of nitrogens with zero attached hydrogens (tertiary/aromatic N) is 2. The molecule has 1 aromatic carbocycles. The van der Waals surface area contributed by atoms with E-state index in [0.717, 1.165) is 44.5 Å². The van der Waals surface area contributed by atoms with Crippen LogP contribution in [0.3, 0.4) is 0 Å². The van der Waals surface area contributed by atoms with Gasteiger partial charge >= 0.3 is 0 Å². The summed E-state index contributed by atoms with van der Waals surface area (Å²) in [5, 5.41) is 0. The first-order valence-corrected chi connectivity index (χ1v) is 11.3. The molecule has 1 aliphatic carbocycles. The van der Waals surface area contributed by atoms with E-state index >= 15 is 0 Å². The molecule has 5 nitrogen and oxygen atoms in total. The first kappa shape index (κ1) is 20.8. The highest BCUT2D eigenvalue weighted by Crippen LogP contribution is 2.39. The first-order valence-electron chi connectivity index (χ1n) is 11.3. The topological polar surface area (TPSA) is 42.0 Å². The smallest absolute Gasteiger partial charge is 0.231 e. The molecule has 0 radical (unpaired) electrons. The number of benzene rings is 1. The number of likely N-dealkylation sites (tertiary alicyclic amines) is 1. The second kappa shape index (κ2) is 8.75. The Bertz CT molecular complexity index is 719. The SMILES string of the molecule is COCCO[C@H]1CC[C@](C)(N2CCC(N3C(=O)Cc4ccc(C)cc43)CC2)CC1. The van der Waals surface area contributed by atoms with Gasteiger partial charge in [-0.1, -0.05) is 12.1 Å². The fraction of sp³-hybridized carbons (Fsp3) is 0.708. The monoisotopic (exact) mass is 400 g/mol. The zero-order valence-corrected chi connectivity index (χ0v) is 18.3. The molecule has 1 saturated heterocycles. The molecule has 29 heavy (non-hydrogen) atoms. The van der Waals surface area contributed by atoms with Crippen LogP contribution in [-0.4, -0.2) is 61.9 Å². The molecule has 160 valence electrons. The minimum Gasteiger partial charge on any atom is -0.382 e. The fourth-order valence-electron chi connectivity index (χ4n) is 5.49. The minimum absolute atomic E-state index is 0.273. The lowest BCUT2D eigenvalue weighted by Crippen LogP contribution is -2.55. The van der Waals surface area contributed by atoms with Crippen molar-refractivity contribution in [2.24, 2.45) is 0 Å². The van der Waals surface area contributed by atoms with Gasteiger partial charge in [0.05, 0.1) is 25.7 Å². The second-order valence-corrected chi connectivity index (χ2v) is 9.35. The lowest BCUT2D eigenvalue weighted by molar-refractivity contribution is -0.118. The lowest BCUT2D eigenvalue weighted by atomic mass is 9.79. The third-order valence-corrected chi connectivity index (χ3v) is 7.35. The average Bonchev–Trinajstić information content (AvgIpc) is 3.05. The van der Waals surface area contributed by atoms with Gasteiger partial charge in [-0.3, -0.25) is 9.69 Å². The van der Waals surface area contributed by atoms with E-state index in [9.17, 15) is 4.79 Å². The number of carbonyl (C=O) groups is 1. The van der Waals surface area contributed by atoms with Crippen LogP contribution in [0.5, 0.6) is 0 Å². The van der Waals surface area contributed by atoms with Crippen molar-refractivity contribution in [2.45, 2.75) is 76.5 Å². The summed E-state index contributed by atoms with van der Waals surface area (Å²) in [6.07, 6.45) is 7.76. The van der Waals surface area contributed by atoms with Crippen molar-refractivity contribution in [2.75, 3.05) is 38.3 Å². The number of piperidine rings is 1. The molecule has 1 aromatic rings. The number of aryl methyl sites for hydroxylation is 1. The molecule has 1 amide bonds. The van der Waals surface area contributed by atoms with Gasteiger partial charge in [-0.05, 0) is 69.6 Å².